The van der Waals surface area contributed by atoms with Crippen LogP contribution >= 0.6 is 11.6 Å². The summed E-state index contributed by atoms with van der Waals surface area (Å²) in [5, 5.41) is 4.24. The molecule has 29 heavy (non-hydrogen) atoms. The standard InChI is InChI=1S/C20H23ClF3N3O2/c1-12(2)26-7-6-16-17(11-26)27(25-19(16)20(22,23)24)10-15(28)9-13-8-14(21)4-5-18(13)29-3/h4-5,8,12H,6-7,9-11H2,1-3H3. The predicted molar refractivity (Wildman–Crippen MR) is 103 cm³/mol. The zero-order valence-corrected chi connectivity index (χ0v) is 17.3. The van der Waals surface area contributed by atoms with E-state index >= 15 is 0 Å². The number of aromatic nitrogens is 2. The fourth-order valence-electron chi connectivity index (χ4n) is 3.62. The van der Waals surface area contributed by atoms with Gasteiger partial charge < -0.3 is 4.74 Å². The maximum Gasteiger partial charge on any atom is 0.435 e. The molecule has 9 heteroatoms. The number of hydrogen-bond donors (Lipinski definition) is 0. The van der Waals surface area contributed by atoms with Gasteiger partial charge in [-0.25, -0.2) is 0 Å². The van der Waals surface area contributed by atoms with E-state index in [0.29, 0.717) is 35.1 Å². The third kappa shape index (κ3) is 4.75. The van der Waals surface area contributed by atoms with Gasteiger partial charge in [0, 0.05) is 41.7 Å². The molecule has 1 aliphatic rings. The van der Waals surface area contributed by atoms with E-state index in [1.165, 1.54) is 11.8 Å². The molecule has 0 atom stereocenters. The zero-order chi connectivity index (χ0) is 21.3. The Balaban J connectivity index is 1.88. The van der Waals surface area contributed by atoms with Crippen molar-refractivity contribution in [3.8, 4) is 5.75 Å². The molecular formula is C20H23ClF3N3O2. The highest BCUT2D eigenvalue weighted by Gasteiger charge is 2.40. The van der Waals surface area contributed by atoms with Gasteiger partial charge in [-0.3, -0.25) is 14.4 Å². The van der Waals surface area contributed by atoms with Crippen molar-refractivity contribution in [2.75, 3.05) is 13.7 Å². The Kier molecular flexibility index (Phi) is 6.24. The number of nitrogens with zero attached hydrogens (tertiary/aromatic N) is 3. The Hall–Kier alpha value is -2.06. The molecule has 2 aromatic rings. The summed E-state index contributed by atoms with van der Waals surface area (Å²) in [6, 6.07) is 5.11. The predicted octanol–water partition coefficient (Wildman–Crippen LogP) is 4.14. The number of carbonyl (C=O) groups is 1. The Morgan fingerprint density at radius 3 is 2.69 bits per heavy atom. The van der Waals surface area contributed by atoms with E-state index in [4.69, 9.17) is 16.3 Å². The number of alkyl halides is 3. The third-order valence-corrected chi connectivity index (χ3v) is 5.36. The lowest BCUT2D eigenvalue weighted by atomic mass is 10.0. The number of halogens is 4. The largest absolute Gasteiger partial charge is 0.496 e. The van der Waals surface area contributed by atoms with Gasteiger partial charge in [0.05, 0.1) is 12.8 Å². The molecule has 2 heterocycles. The first kappa shape index (κ1) is 21.6. The van der Waals surface area contributed by atoms with Gasteiger partial charge in [-0.05, 0) is 38.5 Å². The van der Waals surface area contributed by atoms with Gasteiger partial charge in [0.25, 0.3) is 0 Å². The molecule has 1 aliphatic heterocycles. The lowest BCUT2D eigenvalue weighted by Crippen LogP contribution is -2.37. The van der Waals surface area contributed by atoms with E-state index in [1.54, 1.807) is 18.2 Å². The third-order valence-electron chi connectivity index (χ3n) is 5.12. The molecule has 0 saturated heterocycles. The fraction of sp³-hybridized carbons (Fsp3) is 0.500. The van der Waals surface area contributed by atoms with Crippen LogP contribution in [-0.4, -0.2) is 40.2 Å². The number of carbonyl (C=O) groups excluding carboxylic acids is 1. The average Bonchev–Trinajstić information content (AvgIpc) is 3.00. The molecule has 1 aromatic heterocycles. The first-order valence-corrected chi connectivity index (χ1v) is 9.71. The molecule has 0 amide bonds. The van der Waals surface area contributed by atoms with Crippen molar-refractivity contribution in [2.24, 2.45) is 0 Å². The average molecular weight is 430 g/mol. The second-order valence-electron chi connectivity index (χ2n) is 7.42. The molecule has 0 bridgehead atoms. The molecule has 0 saturated carbocycles. The fourth-order valence-corrected chi connectivity index (χ4v) is 3.82. The molecule has 0 fully saturated rings. The van der Waals surface area contributed by atoms with Crippen LogP contribution < -0.4 is 4.74 Å². The van der Waals surface area contributed by atoms with Crippen molar-refractivity contribution in [3.63, 3.8) is 0 Å². The topological polar surface area (TPSA) is 47.4 Å². The molecular weight excluding hydrogens is 407 g/mol. The second kappa shape index (κ2) is 8.36. The van der Waals surface area contributed by atoms with Gasteiger partial charge in [0.1, 0.15) is 12.3 Å². The van der Waals surface area contributed by atoms with Crippen molar-refractivity contribution in [3.05, 3.63) is 45.7 Å². The normalized spacial score (nSPS) is 14.9. The highest BCUT2D eigenvalue weighted by atomic mass is 35.5. The molecule has 0 radical (unpaired) electrons. The van der Waals surface area contributed by atoms with Gasteiger partial charge in [0.15, 0.2) is 11.5 Å². The van der Waals surface area contributed by atoms with Crippen LogP contribution in [0, 0.1) is 0 Å². The first-order valence-electron chi connectivity index (χ1n) is 9.34. The summed E-state index contributed by atoms with van der Waals surface area (Å²) in [5.41, 5.74) is 0.362. The number of fused-ring (bicyclic) bond motifs is 1. The number of hydrogen-bond acceptors (Lipinski definition) is 4. The Labute approximate surface area is 172 Å². The van der Waals surface area contributed by atoms with Crippen LogP contribution in [0.1, 0.15) is 36.4 Å². The van der Waals surface area contributed by atoms with Gasteiger partial charge in [-0.2, -0.15) is 18.3 Å². The van der Waals surface area contributed by atoms with E-state index in [2.05, 4.69) is 10.00 Å². The molecule has 3 rings (SSSR count). The Morgan fingerprint density at radius 2 is 2.07 bits per heavy atom. The molecule has 1 aromatic carbocycles. The van der Waals surface area contributed by atoms with Crippen LogP contribution in [-0.2, 0) is 36.9 Å². The van der Waals surface area contributed by atoms with Crippen LogP contribution in [0.15, 0.2) is 18.2 Å². The van der Waals surface area contributed by atoms with Crippen LogP contribution in [0.3, 0.4) is 0 Å². The lowest BCUT2D eigenvalue weighted by molar-refractivity contribution is -0.142. The number of ether oxygens (including phenoxy) is 1. The molecule has 0 N–H and O–H groups in total. The molecule has 0 spiro atoms. The molecule has 0 aliphatic carbocycles. The Morgan fingerprint density at radius 1 is 1.34 bits per heavy atom. The second-order valence-corrected chi connectivity index (χ2v) is 7.85. The van der Waals surface area contributed by atoms with Gasteiger partial charge in [-0.1, -0.05) is 11.6 Å². The highest BCUT2D eigenvalue weighted by molar-refractivity contribution is 6.30. The molecule has 0 unspecified atom stereocenters. The smallest absolute Gasteiger partial charge is 0.435 e. The lowest BCUT2D eigenvalue weighted by Gasteiger charge is -2.31. The summed E-state index contributed by atoms with van der Waals surface area (Å²) in [4.78, 5) is 14.7. The van der Waals surface area contributed by atoms with Crippen molar-refractivity contribution in [1.29, 1.82) is 0 Å². The minimum atomic E-state index is -4.55. The van der Waals surface area contributed by atoms with Crippen LogP contribution in [0.25, 0.3) is 0 Å². The van der Waals surface area contributed by atoms with E-state index < -0.39 is 11.9 Å². The summed E-state index contributed by atoms with van der Waals surface area (Å²) in [6.07, 6.45) is -4.29. The SMILES string of the molecule is COc1ccc(Cl)cc1CC(=O)Cn1nc(C(F)(F)F)c2c1CN(C(C)C)CC2. The summed E-state index contributed by atoms with van der Waals surface area (Å²) in [6.45, 7) is 4.62. The van der Waals surface area contributed by atoms with Crippen molar-refractivity contribution in [1.82, 2.24) is 14.7 Å². The van der Waals surface area contributed by atoms with Crippen molar-refractivity contribution >= 4 is 17.4 Å². The Bertz CT molecular complexity index is 909. The van der Waals surface area contributed by atoms with E-state index in [1.807, 2.05) is 13.8 Å². The minimum absolute atomic E-state index is 0.00634. The minimum Gasteiger partial charge on any atom is -0.496 e. The van der Waals surface area contributed by atoms with E-state index in [0.717, 1.165) is 0 Å². The van der Waals surface area contributed by atoms with Crippen LogP contribution in [0.4, 0.5) is 13.2 Å². The number of Topliss-reactive ketones (excluding diaryl/α,β-unsaturated/α-hetero) is 1. The van der Waals surface area contributed by atoms with Crippen LogP contribution in [0.5, 0.6) is 5.75 Å². The van der Waals surface area contributed by atoms with Crippen molar-refractivity contribution < 1.29 is 22.7 Å². The van der Waals surface area contributed by atoms with Gasteiger partial charge in [0.2, 0.25) is 0 Å². The molecule has 158 valence electrons. The number of methoxy groups -OCH3 is 1. The summed E-state index contributed by atoms with van der Waals surface area (Å²) in [7, 11) is 1.48. The van der Waals surface area contributed by atoms with Crippen molar-refractivity contribution in [2.45, 2.75) is 52.0 Å². The maximum absolute atomic E-state index is 13.5. The van der Waals surface area contributed by atoms with Gasteiger partial charge >= 0.3 is 6.18 Å². The number of benzene rings is 1. The first-order chi connectivity index (χ1) is 13.6. The van der Waals surface area contributed by atoms with Gasteiger partial charge in [-0.15, -0.1) is 0 Å². The zero-order valence-electron chi connectivity index (χ0n) is 16.5. The quantitative estimate of drug-likeness (QED) is 0.692. The highest BCUT2D eigenvalue weighted by Crippen LogP contribution is 2.35. The summed E-state index contributed by atoms with van der Waals surface area (Å²) < 4.78 is 46.9. The summed E-state index contributed by atoms with van der Waals surface area (Å²) in [5.74, 6) is 0.235. The maximum atomic E-state index is 13.5. The monoisotopic (exact) mass is 429 g/mol. The van der Waals surface area contributed by atoms with E-state index in [9.17, 15) is 18.0 Å². The summed E-state index contributed by atoms with van der Waals surface area (Å²) >= 11 is 6.00. The molecule has 5 nitrogen and oxygen atoms in total. The number of rotatable bonds is 6. The number of ketones is 1. The van der Waals surface area contributed by atoms with E-state index in [-0.39, 0.29) is 36.8 Å². The van der Waals surface area contributed by atoms with Crippen LogP contribution in [0.2, 0.25) is 5.02 Å².